The van der Waals surface area contributed by atoms with Crippen LogP contribution in [0.2, 0.25) is 0 Å². The van der Waals surface area contributed by atoms with Crippen LogP contribution in [0.3, 0.4) is 0 Å². The highest BCUT2D eigenvalue weighted by Crippen LogP contribution is 2.17. The average Bonchev–Trinajstić information content (AvgIpc) is 2.40. The van der Waals surface area contributed by atoms with E-state index < -0.39 is 0 Å². The molecule has 1 saturated heterocycles. The van der Waals surface area contributed by atoms with Crippen LogP contribution in [-0.2, 0) is 4.74 Å². The van der Waals surface area contributed by atoms with Crippen molar-refractivity contribution in [2.24, 2.45) is 0 Å². The van der Waals surface area contributed by atoms with E-state index in [2.05, 4.69) is 22.4 Å². The van der Waals surface area contributed by atoms with E-state index in [4.69, 9.17) is 4.74 Å². The number of benzene rings is 1. The van der Waals surface area contributed by atoms with Crippen LogP contribution in [0.5, 0.6) is 0 Å². The Morgan fingerprint density at radius 3 is 3.00 bits per heavy atom. The fourth-order valence-electron chi connectivity index (χ4n) is 2.21. The summed E-state index contributed by atoms with van der Waals surface area (Å²) < 4.78 is 5.45. The van der Waals surface area contributed by atoms with Crippen molar-refractivity contribution in [3.63, 3.8) is 0 Å². The van der Waals surface area contributed by atoms with Gasteiger partial charge in [-0.15, -0.1) is 0 Å². The predicted molar refractivity (Wildman–Crippen MR) is 69.2 cm³/mol. The standard InChI is InChI=1S/C14H16N2O/c1-2-6-13-11(4-1)7-8-14(16-13)15-12-5-3-9-17-10-12/h1-2,4,6-8,12H,3,5,9-10H2,(H,15,16). The lowest BCUT2D eigenvalue weighted by atomic mass is 10.1. The molecule has 0 spiro atoms. The molecular weight excluding hydrogens is 212 g/mol. The molecule has 2 aromatic rings. The highest BCUT2D eigenvalue weighted by molar-refractivity contribution is 5.80. The first-order chi connectivity index (χ1) is 8.42. The summed E-state index contributed by atoms with van der Waals surface area (Å²) in [6.45, 7) is 1.68. The Bertz CT molecular complexity index is 506. The number of hydrogen-bond acceptors (Lipinski definition) is 3. The van der Waals surface area contributed by atoms with Gasteiger partial charge in [-0.3, -0.25) is 0 Å². The Labute approximate surface area is 101 Å². The molecule has 0 radical (unpaired) electrons. The second kappa shape index (κ2) is 4.72. The number of fused-ring (bicyclic) bond motifs is 1. The van der Waals surface area contributed by atoms with Gasteiger partial charge in [0.2, 0.25) is 0 Å². The molecule has 1 aromatic carbocycles. The molecule has 0 saturated carbocycles. The molecule has 3 rings (SSSR count). The van der Waals surface area contributed by atoms with E-state index in [0.29, 0.717) is 6.04 Å². The van der Waals surface area contributed by atoms with Gasteiger partial charge in [0.15, 0.2) is 0 Å². The summed E-state index contributed by atoms with van der Waals surface area (Å²) in [7, 11) is 0. The number of rotatable bonds is 2. The second-order valence-corrected chi connectivity index (χ2v) is 4.45. The van der Waals surface area contributed by atoms with E-state index in [1.165, 1.54) is 5.39 Å². The molecule has 0 aliphatic carbocycles. The molecule has 1 aromatic heterocycles. The quantitative estimate of drug-likeness (QED) is 0.858. The highest BCUT2D eigenvalue weighted by atomic mass is 16.5. The number of nitrogens with one attached hydrogen (secondary N) is 1. The Kier molecular flexibility index (Phi) is 2.92. The number of ether oxygens (including phenoxy) is 1. The van der Waals surface area contributed by atoms with E-state index in [1.807, 2.05) is 24.3 Å². The molecule has 1 aliphatic heterocycles. The Balaban J connectivity index is 1.80. The monoisotopic (exact) mass is 228 g/mol. The van der Waals surface area contributed by atoms with Gasteiger partial charge in [0.05, 0.1) is 18.2 Å². The van der Waals surface area contributed by atoms with Gasteiger partial charge >= 0.3 is 0 Å². The lowest BCUT2D eigenvalue weighted by Crippen LogP contribution is -2.30. The third-order valence-corrected chi connectivity index (χ3v) is 3.11. The molecule has 88 valence electrons. The van der Waals surface area contributed by atoms with Gasteiger partial charge in [0, 0.05) is 12.0 Å². The second-order valence-electron chi connectivity index (χ2n) is 4.45. The number of pyridine rings is 1. The molecule has 1 unspecified atom stereocenters. The fourth-order valence-corrected chi connectivity index (χ4v) is 2.21. The molecular formula is C14H16N2O. The van der Waals surface area contributed by atoms with Gasteiger partial charge in [-0.2, -0.15) is 0 Å². The van der Waals surface area contributed by atoms with Crippen molar-refractivity contribution in [1.29, 1.82) is 0 Å². The van der Waals surface area contributed by atoms with Gasteiger partial charge < -0.3 is 10.1 Å². The molecule has 1 fully saturated rings. The molecule has 2 heterocycles. The molecule has 1 N–H and O–H groups in total. The Morgan fingerprint density at radius 1 is 1.18 bits per heavy atom. The summed E-state index contributed by atoms with van der Waals surface area (Å²) in [5, 5.41) is 4.62. The van der Waals surface area contributed by atoms with Crippen molar-refractivity contribution >= 4 is 16.7 Å². The summed E-state index contributed by atoms with van der Waals surface area (Å²) >= 11 is 0. The van der Waals surface area contributed by atoms with E-state index >= 15 is 0 Å². The van der Waals surface area contributed by atoms with Crippen molar-refractivity contribution in [2.45, 2.75) is 18.9 Å². The minimum Gasteiger partial charge on any atom is -0.379 e. The summed E-state index contributed by atoms with van der Waals surface area (Å²) in [6.07, 6.45) is 2.29. The first-order valence-electron chi connectivity index (χ1n) is 6.12. The topological polar surface area (TPSA) is 34.2 Å². The van der Waals surface area contributed by atoms with Crippen molar-refractivity contribution in [3.8, 4) is 0 Å². The van der Waals surface area contributed by atoms with Gasteiger partial charge in [0.1, 0.15) is 5.82 Å². The summed E-state index contributed by atoms with van der Waals surface area (Å²) in [6, 6.07) is 12.7. The van der Waals surface area contributed by atoms with Gasteiger partial charge in [-0.1, -0.05) is 18.2 Å². The Morgan fingerprint density at radius 2 is 2.12 bits per heavy atom. The van der Waals surface area contributed by atoms with Crippen LogP contribution < -0.4 is 5.32 Å². The zero-order valence-electron chi connectivity index (χ0n) is 9.73. The minimum absolute atomic E-state index is 0.400. The van der Waals surface area contributed by atoms with Gasteiger partial charge in [-0.05, 0) is 31.0 Å². The van der Waals surface area contributed by atoms with Gasteiger partial charge in [0.25, 0.3) is 0 Å². The minimum atomic E-state index is 0.400. The number of anilines is 1. The van der Waals surface area contributed by atoms with Crippen molar-refractivity contribution in [3.05, 3.63) is 36.4 Å². The lowest BCUT2D eigenvalue weighted by molar-refractivity contribution is 0.0875. The third-order valence-electron chi connectivity index (χ3n) is 3.11. The van der Waals surface area contributed by atoms with Crippen molar-refractivity contribution < 1.29 is 4.74 Å². The van der Waals surface area contributed by atoms with Crippen molar-refractivity contribution in [1.82, 2.24) is 4.98 Å². The fraction of sp³-hybridized carbons (Fsp3) is 0.357. The maximum atomic E-state index is 5.45. The van der Waals surface area contributed by atoms with E-state index in [0.717, 1.165) is 37.4 Å². The summed E-state index contributed by atoms with van der Waals surface area (Å²) in [5.74, 6) is 0.944. The zero-order chi connectivity index (χ0) is 11.5. The number of hydrogen-bond donors (Lipinski definition) is 1. The Hall–Kier alpha value is -1.61. The van der Waals surface area contributed by atoms with E-state index in [9.17, 15) is 0 Å². The van der Waals surface area contributed by atoms with Crippen LogP contribution in [0.15, 0.2) is 36.4 Å². The van der Waals surface area contributed by atoms with Gasteiger partial charge in [-0.25, -0.2) is 4.98 Å². The smallest absolute Gasteiger partial charge is 0.126 e. The molecule has 3 heteroatoms. The maximum Gasteiger partial charge on any atom is 0.126 e. The number of para-hydroxylation sites is 1. The normalized spacial score (nSPS) is 20.4. The number of aromatic nitrogens is 1. The van der Waals surface area contributed by atoms with Crippen LogP contribution in [0, 0.1) is 0 Å². The average molecular weight is 228 g/mol. The summed E-state index contributed by atoms with van der Waals surface area (Å²) in [4.78, 5) is 4.60. The molecule has 3 nitrogen and oxygen atoms in total. The maximum absolute atomic E-state index is 5.45. The number of nitrogens with zero attached hydrogens (tertiary/aromatic N) is 1. The highest BCUT2D eigenvalue weighted by Gasteiger charge is 2.13. The molecule has 0 bridgehead atoms. The molecule has 17 heavy (non-hydrogen) atoms. The zero-order valence-corrected chi connectivity index (χ0v) is 9.73. The van der Waals surface area contributed by atoms with Crippen LogP contribution >= 0.6 is 0 Å². The van der Waals surface area contributed by atoms with E-state index in [-0.39, 0.29) is 0 Å². The largest absolute Gasteiger partial charge is 0.379 e. The first kappa shape index (κ1) is 10.5. The SMILES string of the molecule is c1ccc2nc(NC3CCCOC3)ccc2c1. The van der Waals surface area contributed by atoms with Crippen LogP contribution in [0.1, 0.15) is 12.8 Å². The summed E-state index contributed by atoms with van der Waals surface area (Å²) in [5.41, 5.74) is 1.04. The third kappa shape index (κ3) is 2.39. The van der Waals surface area contributed by atoms with Crippen molar-refractivity contribution in [2.75, 3.05) is 18.5 Å². The van der Waals surface area contributed by atoms with Crippen LogP contribution in [-0.4, -0.2) is 24.2 Å². The van der Waals surface area contributed by atoms with Crippen LogP contribution in [0.25, 0.3) is 10.9 Å². The molecule has 0 amide bonds. The first-order valence-corrected chi connectivity index (χ1v) is 6.12. The van der Waals surface area contributed by atoms with E-state index in [1.54, 1.807) is 0 Å². The molecule has 1 atom stereocenters. The predicted octanol–water partition coefficient (Wildman–Crippen LogP) is 2.83. The lowest BCUT2D eigenvalue weighted by Gasteiger charge is -2.23. The van der Waals surface area contributed by atoms with Crippen LogP contribution in [0.4, 0.5) is 5.82 Å². The molecule has 1 aliphatic rings.